The van der Waals surface area contributed by atoms with E-state index in [-0.39, 0.29) is 0 Å². The van der Waals surface area contributed by atoms with Crippen LogP contribution in [0, 0.1) is 0 Å². The third-order valence-corrected chi connectivity index (χ3v) is 3.66. The fourth-order valence-corrected chi connectivity index (χ4v) is 2.35. The lowest BCUT2D eigenvalue weighted by Gasteiger charge is -2.22. The van der Waals surface area contributed by atoms with Gasteiger partial charge in [0, 0.05) is 12.6 Å². The number of hydrogen-bond donors (Lipinski definition) is 1. The average molecular weight is 261 g/mol. The molecule has 1 saturated carbocycles. The Morgan fingerprint density at radius 1 is 1.26 bits per heavy atom. The first-order chi connectivity index (χ1) is 9.20. The highest BCUT2D eigenvalue weighted by Gasteiger charge is 2.22. The summed E-state index contributed by atoms with van der Waals surface area (Å²) in [7, 11) is 0. The predicted molar refractivity (Wildman–Crippen MR) is 80.9 cm³/mol. The summed E-state index contributed by atoms with van der Waals surface area (Å²) in [5.41, 5.74) is 1.31. The molecule has 1 aliphatic rings. The fraction of sp³-hybridized carbons (Fsp3) is 0.647. The topological polar surface area (TPSA) is 21.3 Å². The molecule has 1 N–H and O–H groups in total. The molecular formula is C17H27NO. The van der Waals surface area contributed by atoms with Crippen molar-refractivity contribution >= 4 is 0 Å². The van der Waals surface area contributed by atoms with Gasteiger partial charge in [0.25, 0.3) is 0 Å². The van der Waals surface area contributed by atoms with E-state index in [1.165, 1.54) is 24.8 Å². The van der Waals surface area contributed by atoms with E-state index < -0.39 is 0 Å². The fourth-order valence-electron chi connectivity index (χ4n) is 2.35. The van der Waals surface area contributed by atoms with E-state index in [1.807, 2.05) is 0 Å². The zero-order valence-electron chi connectivity index (χ0n) is 12.5. The van der Waals surface area contributed by atoms with Crippen LogP contribution >= 0.6 is 0 Å². The molecule has 1 aromatic carbocycles. The van der Waals surface area contributed by atoms with Crippen molar-refractivity contribution in [3.05, 3.63) is 29.8 Å². The van der Waals surface area contributed by atoms with E-state index in [0.717, 1.165) is 24.8 Å². The quantitative estimate of drug-likeness (QED) is 0.760. The van der Waals surface area contributed by atoms with E-state index in [9.17, 15) is 0 Å². The van der Waals surface area contributed by atoms with Gasteiger partial charge in [0.1, 0.15) is 11.9 Å². The van der Waals surface area contributed by atoms with Crippen molar-refractivity contribution in [2.24, 2.45) is 0 Å². The minimum Gasteiger partial charge on any atom is -0.489 e. The van der Waals surface area contributed by atoms with Crippen LogP contribution in [0.4, 0.5) is 0 Å². The van der Waals surface area contributed by atoms with Gasteiger partial charge in [-0.05, 0) is 36.8 Å². The minimum absolute atomic E-state index is 0.297. The monoisotopic (exact) mass is 261 g/mol. The molecule has 1 atom stereocenters. The largest absolute Gasteiger partial charge is 0.489 e. The normalized spacial score (nSPS) is 16.6. The maximum atomic E-state index is 6.26. The number of nitrogens with one attached hydrogen (secondary N) is 1. The standard InChI is InChI=1S/C17H27NO/c1-4-7-15(12-18-14-10-11-14)19-17-9-6-5-8-16(17)13(2)3/h5-6,8-9,13-15,18H,4,7,10-12H2,1-3H3. The van der Waals surface area contributed by atoms with E-state index in [4.69, 9.17) is 4.74 Å². The van der Waals surface area contributed by atoms with Gasteiger partial charge in [0.2, 0.25) is 0 Å². The maximum absolute atomic E-state index is 6.26. The Bertz CT molecular complexity index is 385. The van der Waals surface area contributed by atoms with Crippen LogP contribution in [-0.2, 0) is 0 Å². The first kappa shape index (κ1) is 14.4. The molecule has 0 bridgehead atoms. The Morgan fingerprint density at radius 2 is 2.00 bits per heavy atom. The number of rotatable bonds is 8. The molecule has 1 aliphatic carbocycles. The zero-order valence-corrected chi connectivity index (χ0v) is 12.5. The molecule has 1 aromatic rings. The van der Waals surface area contributed by atoms with Crippen LogP contribution in [0.15, 0.2) is 24.3 Å². The summed E-state index contributed by atoms with van der Waals surface area (Å²) >= 11 is 0. The van der Waals surface area contributed by atoms with Crippen molar-refractivity contribution in [2.75, 3.05) is 6.54 Å². The lowest BCUT2D eigenvalue weighted by Crippen LogP contribution is -2.32. The molecule has 0 spiro atoms. The first-order valence-corrected chi connectivity index (χ1v) is 7.69. The Hall–Kier alpha value is -1.02. The van der Waals surface area contributed by atoms with Crippen LogP contribution in [0.2, 0.25) is 0 Å². The Kier molecular flexibility index (Phi) is 5.26. The van der Waals surface area contributed by atoms with Gasteiger partial charge in [0.15, 0.2) is 0 Å². The highest BCUT2D eigenvalue weighted by Crippen LogP contribution is 2.27. The second kappa shape index (κ2) is 6.95. The number of hydrogen-bond acceptors (Lipinski definition) is 2. The molecule has 1 fully saturated rings. The second-order valence-corrected chi connectivity index (χ2v) is 5.90. The van der Waals surface area contributed by atoms with Gasteiger partial charge in [0.05, 0.1) is 0 Å². The van der Waals surface area contributed by atoms with E-state index >= 15 is 0 Å². The molecule has 106 valence electrons. The molecule has 0 aromatic heterocycles. The summed E-state index contributed by atoms with van der Waals surface area (Å²) < 4.78 is 6.26. The van der Waals surface area contributed by atoms with Crippen molar-refractivity contribution in [1.29, 1.82) is 0 Å². The predicted octanol–water partition coefficient (Wildman–Crippen LogP) is 4.11. The maximum Gasteiger partial charge on any atom is 0.123 e. The number of para-hydroxylation sites is 1. The molecule has 0 amide bonds. The summed E-state index contributed by atoms with van der Waals surface area (Å²) in [6.45, 7) is 7.64. The average Bonchev–Trinajstić information content (AvgIpc) is 3.20. The highest BCUT2D eigenvalue weighted by molar-refractivity contribution is 5.35. The van der Waals surface area contributed by atoms with Gasteiger partial charge in [-0.1, -0.05) is 45.4 Å². The van der Waals surface area contributed by atoms with E-state index in [2.05, 4.69) is 50.4 Å². The SMILES string of the molecule is CCCC(CNC1CC1)Oc1ccccc1C(C)C. The van der Waals surface area contributed by atoms with Gasteiger partial charge >= 0.3 is 0 Å². The Labute approximate surface area is 117 Å². The smallest absolute Gasteiger partial charge is 0.123 e. The molecule has 2 heteroatoms. The molecule has 2 rings (SSSR count). The van der Waals surface area contributed by atoms with Gasteiger partial charge in [-0.3, -0.25) is 0 Å². The summed E-state index contributed by atoms with van der Waals surface area (Å²) in [6, 6.07) is 9.20. The highest BCUT2D eigenvalue weighted by atomic mass is 16.5. The molecule has 0 radical (unpaired) electrons. The third-order valence-electron chi connectivity index (χ3n) is 3.66. The van der Waals surface area contributed by atoms with Crippen molar-refractivity contribution in [3.63, 3.8) is 0 Å². The summed E-state index contributed by atoms with van der Waals surface area (Å²) in [6.07, 6.45) is 5.25. The van der Waals surface area contributed by atoms with Crippen molar-refractivity contribution in [1.82, 2.24) is 5.32 Å². The van der Waals surface area contributed by atoms with Crippen molar-refractivity contribution < 1.29 is 4.74 Å². The summed E-state index contributed by atoms with van der Waals surface area (Å²) in [5.74, 6) is 1.57. The molecular weight excluding hydrogens is 234 g/mol. The molecule has 19 heavy (non-hydrogen) atoms. The van der Waals surface area contributed by atoms with Crippen LogP contribution < -0.4 is 10.1 Å². The van der Waals surface area contributed by atoms with Crippen LogP contribution in [0.1, 0.15) is 57.9 Å². The molecule has 0 saturated heterocycles. The van der Waals surface area contributed by atoms with Crippen LogP contribution in [0.25, 0.3) is 0 Å². The molecule has 1 unspecified atom stereocenters. The van der Waals surface area contributed by atoms with Gasteiger partial charge < -0.3 is 10.1 Å². The minimum atomic E-state index is 0.297. The van der Waals surface area contributed by atoms with Crippen LogP contribution in [0.3, 0.4) is 0 Å². The van der Waals surface area contributed by atoms with Crippen LogP contribution in [-0.4, -0.2) is 18.7 Å². The van der Waals surface area contributed by atoms with Crippen molar-refractivity contribution in [2.45, 2.75) is 64.5 Å². The lowest BCUT2D eigenvalue weighted by molar-refractivity contribution is 0.183. The summed E-state index contributed by atoms with van der Waals surface area (Å²) in [4.78, 5) is 0. The molecule has 0 aliphatic heterocycles. The zero-order chi connectivity index (χ0) is 13.7. The number of ether oxygens (including phenoxy) is 1. The first-order valence-electron chi connectivity index (χ1n) is 7.69. The Balaban J connectivity index is 1.98. The summed E-state index contributed by atoms with van der Waals surface area (Å²) in [5, 5.41) is 3.59. The van der Waals surface area contributed by atoms with Crippen molar-refractivity contribution in [3.8, 4) is 5.75 Å². The lowest BCUT2D eigenvalue weighted by atomic mass is 10.0. The number of benzene rings is 1. The second-order valence-electron chi connectivity index (χ2n) is 5.90. The molecule has 2 nitrogen and oxygen atoms in total. The van der Waals surface area contributed by atoms with Gasteiger partial charge in [-0.25, -0.2) is 0 Å². The van der Waals surface area contributed by atoms with E-state index in [0.29, 0.717) is 12.0 Å². The third kappa shape index (κ3) is 4.54. The van der Waals surface area contributed by atoms with Gasteiger partial charge in [-0.15, -0.1) is 0 Å². The Morgan fingerprint density at radius 3 is 2.63 bits per heavy atom. The van der Waals surface area contributed by atoms with Gasteiger partial charge in [-0.2, -0.15) is 0 Å². The van der Waals surface area contributed by atoms with Crippen LogP contribution in [0.5, 0.6) is 5.75 Å². The molecule has 0 heterocycles. The van der Waals surface area contributed by atoms with E-state index in [1.54, 1.807) is 0 Å².